The molecule has 168 valence electrons. The van der Waals surface area contributed by atoms with E-state index in [1.807, 2.05) is 25.7 Å². The number of nitrogens with two attached hydrogens (primary N) is 1. The number of carbonyl (C=O) groups is 2. The molecule has 1 saturated heterocycles. The molecule has 1 aliphatic rings. The summed E-state index contributed by atoms with van der Waals surface area (Å²) in [5.41, 5.74) is 6.09. The average molecular weight is 533 g/mol. The molecule has 0 radical (unpaired) electrons. The van der Waals surface area contributed by atoms with E-state index in [0.717, 1.165) is 0 Å². The quantitative estimate of drug-likeness (QED) is 0.259. The summed E-state index contributed by atoms with van der Waals surface area (Å²) in [6.07, 6.45) is -0.311. The van der Waals surface area contributed by atoms with Crippen molar-refractivity contribution in [2.75, 3.05) is 46.4 Å². The minimum absolute atomic E-state index is 0. The molecule has 2 rings (SSSR count). The maximum atomic E-state index is 12.1. The van der Waals surface area contributed by atoms with Gasteiger partial charge in [0.2, 0.25) is 0 Å². The number of methoxy groups -OCH3 is 1. The van der Waals surface area contributed by atoms with Crippen LogP contribution in [0.2, 0.25) is 0 Å². The average Bonchev–Trinajstić information content (AvgIpc) is 2.69. The maximum Gasteiger partial charge on any atom is 0.410 e. The first-order valence-electron chi connectivity index (χ1n) is 9.64. The third-order valence-electron chi connectivity index (χ3n) is 4.28. The summed E-state index contributed by atoms with van der Waals surface area (Å²) >= 11 is 0. The lowest BCUT2D eigenvalue weighted by atomic mass is 10.2. The number of amides is 2. The van der Waals surface area contributed by atoms with Crippen LogP contribution in [0.1, 0.15) is 31.1 Å². The Hall–Kier alpha value is -2.24. The van der Waals surface area contributed by atoms with E-state index >= 15 is 0 Å². The van der Waals surface area contributed by atoms with Crippen LogP contribution in [0.15, 0.2) is 29.3 Å². The van der Waals surface area contributed by atoms with Gasteiger partial charge >= 0.3 is 6.09 Å². The van der Waals surface area contributed by atoms with E-state index in [4.69, 9.17) is 15.2 Å². The maximum absolute atomic E-state index is 12.1. The van der Waals surface area contributed by atoms with Gasteiger partial charge in [-0.1, -0.05) is 0 Å². The van der Waals surface area contributed by atoms with Crippen LogP contribution in [0.25, 0.3) is 0 Å². The molecule has 1 aromatic carbocycles. The first-order chi connectivity index (χ1) is 13.7. The summed E-state index contributed by atoms with van der Waals surface area (Å²) < 4.78 is 10.5. The molecular weight excluding hydrogens is 501 g/mol. The molecule has 0 saturated carbocycles. The Morgan fingerprint density at radius 2 is 1.67 bits per heavy atom. The van der Waals surface area contributed by atoms with Crippen molar-refractivity contribution in [1.82, 2.24) is 15.1 Å². The molecule has 0 aromatic heterocycles. The predicted octanol–water partition coefficient (Wildman–Crippen LogP) is 1.91. The summed E-state index contributed by atoms with van der Waals surface area (Å²) in [4.78, 5) is 32.1. The number of guanidine groups is 1. The number of nitrogens with one attached hydrogen (secondary N) is 1. The lowest BCUT2D eigenvalue weighted by Gasteiger charge is -2.36. The van der Waals surface area contributed by atoms with Gasteiger partial charge in [0, 0.05) is 38.3 Å². The van der Waals surface area contributed by atoms with Gasteiger partial charge in [0.05, 0.1) is 13.7 Å². The van der Waals surface area contributed by atoms with Gasteiger partial charge in [-0.3, -0.25) is 9.79 Å². The minimum Gasteiger partial charge on any atom is -0.497 e. The lowest BCUT2D eigenvalue weighted by Crippen LogP contribution is -2.53. The molecule has 10 heteroatoms. The van der Waals surface area contributed by atoms with E-state index in [2.05, 4.69) is 10.3 Å². The first-order valence-corrected chi connectivity index (χ1v) is 9.64. The van der Waals surface area contributed by atoms with E-state index in [1.165, 1.54) is 0 Å². The number of rotatable bonds is 5. The summed E-state index contributed by atoms with van der Waals surface area (Å²) in [7, 11) is 1.58. The van der Waals surface area contributed by atoms with Gasteiger partial charge in [-0.15, -0.1) is 24.0 Å². The van der Waals surface area contributed by atoms with Gasteiger partial charge in [-0.05, 0) is 45.0 Å². The first kappa shape index (κ1) is 25.8. The highest BCUT2D eigenvalue weighted by Gasteiger charge is 2.26. The van der Waals surface area contributed by atoms with Crippen molar-refractivity contribution in [3.8, 4) is 5.75 Å². The predicted molar refractivity (Wildman–Crippen MR) is 127 cm³/mol. The topological polar surface area (TPSA) is 109 Å². The van der Waals surface area contributed by atoms with Crippen molar-refractivity contribution in [1.29, 1.82) is 0 Å². The number of carbonyl (C=O) groups excluding carboxylic acids is 2. The van der Waals surface area contributed by atoms with E-state index in [1.54, 1.807) is 36.3 Å². The van der Waals surface area contributed by atoms with Crippen molar-refractivity contribution < 1.29 is 19.1 Å². The molecule has 0 spiro atoms. The van der Waals surface area contributed by atoms with Crippen molar-refractivity contribution in [2.45, 2.75) is 26.4 Å². The summed E-state index contributed by atoms with van der Waals surface area (Å²) in [6, 6.07) is 6.88. The van der Waals surface area contributed by atoms with Gasteiger partial charge < -0.3 is 30.3 Å². The highest BCUT2D eigenvalue weighted by Crippen LogP contribution is 2.12. The van der Waals surface area contributed by atoms with Crippen molar-refractivity contribution in [2.24, 2.45) is 10.7 Å². The molecule has 0 unspecified atom stereocenters. The molecule has 1 heterocycles. The second kappa shape index (κ2) is 11.8. The van der Waals surface area contributed by atoms with Crippen LogP contribution in [0.3, 0.4) is 0 Å². The smallest absolute Gasteiger partial charge is 0.410 e. The van der Waals surface area contributed by atoms with Crippen LogP contribution in [0.4, 0.5) is 4.79 Å². The fraction of sp³-hybridized carbons (Fsp3) is 0.550. The molecule has 2 amide bonds. The van der Waals surface area contributed by atoms with Gasteiger partial charge in [0.25, 0.3) is 5.91 Å². The Balaban J connectivity index is 0.00000450. The number of hydrogen-bond acceptors (Lipinski definition) is 5. The van der Waals surface area contributed by atoms with Gasteiger partial charge in [0.1, 0.15) is 11.4 Å². The number of hydrogen-bond donors (Lipinski definition) is 2. The Morgan fingerprint density at radius 3 is 2.20 bits per heavy atom. The summed E-state index contributed by atoms with van der Waals surface area (Å²) in [5.74, 6) is 0.936. The molecule has 0 aliphatic carbocycles. The molecular formula is C20H32IN5O4. The zero-order valence-electron chi connectivity index (χ0n) is 18.0. The molecule has 3 N–H and O–H groups in total. The monoisotopic (exact) mass is 533 g/mol. The van der Waals surface area contributed by atoms with E-state index in [9.17, 15) is 9.59 Å². The SMILES string of the molecule is COc1ccc(C(=O)NCCN=C(N)N2CCN(C(=O)OC(C)(C)C)CC2)cc1.I. The second-order valence-corrected chi connectivity index (χ2v) is 7.68. The Labute approximate surface area is 195 Å². The molecule has 30 heavy (non-hydrogen) atoms. The number of aliphatic imine (C=N–C) groups is 1. The highest BCUT2D eigenvalue weighted by molar-refractivity contribution is 14.0. The second-order valence-electron chi connectivity index (χ2n) is 7.68. The van der Waals surface area contributed by atoms with Crippen LogP contribution in [0.5, 0.6) is 5.75 Å². The number of piperazine rings is 1. The fourth-order valence-corrected chi connectivity index (χ4v) is 2.73. The third-order valence-corrected chi connectivity index (χ3v) is 4.28. The Bertz CT molecular complexity index is 726. The van der Waals surface area contributed by atoms with Crippen LogP contribution in [-0.2, 0) is 4.74 Å². The van der Waals surface area contributed by atoms with Crippen LogP contribution < -0.4 is 15.8 Å². The lowest BCUT2D eigenvalue weighted by molar-refractivity contribution is 0.0186. The van der Waals surface area contributed by atoms with Crippen molar-refractivity contribution in [3.63, 3.8) is 0 Å². The Morgan fingerprint density at radius 1 is 1.10 bits per heavy atom. The molecule has 1 fully saturated rings. The summed E-state index contributed by atoms with van der Waals surface area (Å²) in [5, 5.41) is 2.81. The van der Waals surface area contributed by atoms with Gasteiger partial charge in [-0.2, -0.15) is 0 Å². The van der Waals surface area contributed by atoms with E-state index in [-0.39, 0.29) is 36.0 Å². The number of ether oxygens (including phenoxy) is 2. The minimum atomic E-state index is -0.509. The zero-order valence-corrected chi connectivity index (χ0v) is 20.3. The number of halogens is 1. The van der Waals surface area contributed by atoms with E-state index in [0.29, 0.717) is 56.5 Å². The van der Waals surface area contributed by atoms with Gasteiger partial charge in [-0.25, -0.2) is 4.79 Å². The third kappa shape index (κ3) is 8.25. The van der Waals surface area contributed by atoms with Gasteiger partial charge in [0.15, 0.2) is 5.96 Å². The zero-order chi connectivity index (χ0) is 21.4. The number of nitrogens with zero attached hydrogens (tertiary/aromatic N) is 3. The van der Waals surface area contributed by atoms with Crippen LogP contribution in [0, 0.1) is 0 Å². The number of benzene rings is 1. The highest BCUT2D eigenvalue weighted by atomic mass is 127. The van der Waals surface area contributed by atoms with Crippen molar-refractivity contribution in [3.05, 3.63) is 29.8 Å². The van der Waals surface area contributed by atoms with Crippen molar-refractivity contribution >= 4 is 41.9 Å². The fourth-order valence-electron chi connectivity index (χ4n) is 2.73. The molecule has 1 aliphatic heterocycles. The molecule has 9 nitrogen and oxygen atoms in total. The molecule has 1 aromatic rings. The van der Waals surface area contributed by atoms with Crippen LogP contribution in [-0.4, -0.2) is 79.7 Å². The Kier molecular flexibility index (Phi) is 10.2. The molecule has 0 atom stereocenters. The summed E-state index contributed by atoms with van der Waals surface area (Å²) in [6.45, 7) is 8.53. The largest absolute Gasteiger partial charge is 0.497 e. The van der Waals surface area contributed by atoms with E-state index < -0.39 is 5.60 Å². The van der Waals surface area contributed by atoms with Crippen LogP contribution >= 0.6 is 24.0 Å². The standard InChI is InChI=1S/C20H31N5O4.HI/c1-20(2,3)29-19(27)25-13-11-24(12-14-25)18(21)23-10-9-22-17(26)15-5-7-16(28-4)8-6-15;/h5-8H,9-14H2,1-4H3,(H2,21,23)(H,22,26);1H. The normalized spacial score (nSPS) is 14.6. The molecule has 0 bridgehead atoms.